The first-order chi connectivity index (χ1) is 7.27. The Kier molecular flexibility index (Phi) is 3.00. The van der Waals surface area contributed by atoms with Crippen LogP contribution >= 0.6 is 11.8 Å². The summed E-state index contributed by atoms with van der Waals surface area (Å²) >= 11 is 1.64. The average molecular weight is 224 g/mol. The molecule has 1 aromatic rings. The van der Waals surface area contributed by atoms with Crippen LogP contribution in [0.4, 0.5) is 0 Å². The summed E-state index contributed by atoms with van der Waals surface area (Å²) in [6, 6.07) is 0.312. The van der Waals surface area contributed by atoms with Crippen molar-refractivity contribution in [3.05, 3.63) is 17.7 Å². The number of aryl methyl sites for hydroxylation is 1. The maximum Gasteiger partial charge on any atom is 0.192 e. The summed E-state index contributed by atoms with van der Waals surface area (Å²) in [4.78, 5) is 4.36. The van der Waals surface area contributed by atoms with Crippen molar-refractivity contribution in [1.29, 1.82) is 0 Å². The Morgan fingerprint density at radius 1 is 1.60 bits per heavy atom. The van der Waals surface area contributed by atoms with Crippen molar-refractivity contribution in [3.63, 3.8) is 0 Å². The fourth-order valence-corrected chi connectivity index (χ4v) is 2.41. The van der Waals surface area contributed by atoms with E-state index in [0.717, 1.165) is 23.8 Å². The smallest absolute Gasteiger partial charge is 0.192 e. The van der Waals surface area contributed by atoms with Gasteiger partial charge in [0, 0.05) is 0 Å². The first-order valence-corrected chi connectivity index (χ1v) is 6.42. The summed E-state index contributed by atoms with van der Waals surface area (Å²) in [7, 11) is 0. The van der Waals surface area contributed by atoms with Gasteiger partial charge >= 0.3 is 0 Å². The standard InChI is InChI=1S/C10H16N4S/c1-4-5-8-9-6-11-7(2)14(9)10(15-3)13-12-8/h6,8,12H,4-5H2,1-3H3. The molecule has 0 saturated heterocycles. The molecule has 0 amide bonds. The van der Waals surface area contributed by atoms with E-state index in [9.17, 15) is 0 Å². The summed E-state index contributed by atoms with van der Waals surface area (Å²) in [5, 5.41) is 5.35. The molecule has 1 aromatic heterocycles. The Balaban J connectivity index is 2.39. The fourth-order valence-electron chi connectivity index (χ4n) is 1.84. The number of hydrogen-bond acceptors (Lipinski definition) is 4. The lowest BCUT2D eigenvalue weighted by Gasteiger charge is -2.24. The van der Waals surface area contributed by atoms with E-state index in [1.807, 2.05) is 19.4 Å². The van der Waals surface area contributed by atoms with Crippen LogP contribution in [0, 0.1) is 6.92 Å². The molecule has 0 aliphatic carbocycles. The highest BCUT2D eigenvalue weighted by molar-refractivity contribution is 8.13. The Morgan fingerprint density at radius 2 is 2.40 bits per heavy atom. The van der Waals surface area contributed by atoms with Crippen LogP contribution < -0.4 is 5.43 Å². The van der Waals surface area contributed by atoms with E-state index >= 15 is 0 Å². The van der Waals surface area contributed by atoms with Gasteiger partial charge in [-0.1, -0.05) is 25.1 Å². The topological polar surface area (TPSA) is 42.2 Å². The largest absolute Gasteiger partial charge is 0.298 e. The molecular formula is C10H16N4S. The Morgan fingerprint density at radius 3 is 3.07 bits per heavy atom. The van der Waals surface area contributed by atoms with Gasteiger partial charge in [0.15, 0.2) is 5.17 Å². The van der Waals surface area contributed by atoms with Gasteiger partial charge < -0.3 is 0 Å². The number of nitrogens with zero attached hydrogens (tertiary/aromatic N) is 3. The summed E-state index contributed by atoms with van der Waals surface area (Å²) in [6.45, 7) is 4.20. The first kappa shape index (κ1) is 10.5. The van der Waals surface area contributed by atoms with E-state index < -0.39 is 0 Å². The van der Waals surface area contributed by atoms with Gasteiger partial charge in [-0.05, 0) is 19.6 Å². The summed E-state index contributed by atoms with van der Waals surface area (Å²) in [5.41, 5.74) is 4.43. The number of fused-ring (bicyclic) bond motifs is 1. The third-order valence-corrected chi connectivity index (χ3v) is 3.23. The molecule has 0 bridgehead atoms. The molecule has 82 valence electrons. The van der Waals surface area contributed by atoms with Gasteiger partial charge in [0.05, 0.1) is 17.9 Å². The van der Waals surface area contributed by atoms with E-state index in [-0.39, 0.29) is 0 Å². The van der Waals surface area contributed by atoms with E-state index in [0.29, 0.717) is 6.04 Å². The number of hydrazone groups is 1. The van der Waals surface area contributed by atoms with Gasteiger partial charge in [-0.3, -0.25) is 9.99 Å². The minimum Gasteiger partial charge on any atom is -0.298 e. The van der Waals surface area contributed by atoms with Gasteiger partial charge in [-0.2, -0.15) is 5.10 Å². The van der Waals surface area contributed by atoms with E-state index in [1.165, 1.54) is 5.69 Å². The van der Waals surface area contributed by atoms with Gasteiger partial charge in [-0.25, -0.2) is 4.98 Å². The van der Waals surface area contributed by atoms with Gasteiger partial charge in [0.25, 0.3) is 0 Å². The van der Waals surface area contributed by atoms with Crippen molar-refractivity contribution < 1.29 is 0 Å². The molecule has 1 N–H and O–H groups in total. The zero-order valence-electron chi connectivity index (χ0n) is 9.32. The maximum absolute atomic E-state index is 4.37. The summed E-state index contributed by atoms with van der Waals surface area (Å²) in [5.74, 6) is 1.01. The third-order valence-electron chi connectivity index (χ3n) is 2.59. The van der Waals surface area contributed by atoms with Gasteiger partial charge in [0.2, 0.25) is 0 Å². The van der Waals surface area contributed by atoms with Crippen LogP contribution in [0.1, 0.15) is 37.3 Å². The molecule has 0 fully saturated rings. The highest BCUT2D eigenvalue weighted by Crippen LogP contribution is 2.25. The molecule has 0 radical (unpaired) electrons. The van der Waals surface area contributed by atoms with Crippen molar-refractivity contribution in [2.45, 2.75) is 32.7 Å². The van der Waals surface area contributed by atoms with E-state index in [4.69, 9.17) is 0 Å². The minimum absolute atomic E-state index is 0.312. The highest BCUT2D eigenvalue weighted by atomic mass is 32.2. The van der Waals surface area contributed by atoms with Crippen molar-refractivity contribution in [2.24, 2.45) is 5.10 Å². The van der Waals surface area contributed by atoms with Crippen molar-refractivity contribution in [3.8, 4) is 0 Å². The number of rotatable bonds is 2. The molecule has 0 aromatic carbocycles. The lowest BCUT2D eigenvalue weighted by molar-refractivity contribution is 0.482. The zero-order chi connectivity index (χ0) is 10.8. The SMILES string of the molecule is CCCC1NN=C(SC)n2c1cnc2C. The molecule has 1 aliphatic rings. The predicted octanol–water partition coefficient (Wildman–Crippen LogP) is 2.12. The van der Waals surface area contributed by atoms with E-state index in [1.54, 1.807) is 11.8 Å². The maximum atomic E-state index is 4.37. The Labute approximate surface area is 94.2 Å². The second-order valence-electron chi connectivity index (χ2n) is 3.63. The molecule has 2 rings (SSSR count). The normalized spacial score (nSPS) is 19.4. The Hall–Kier alpha value is -0.970. The zero-order valence-corrected chi connectivity index (χ0v) is 10.1. The van der Waals surface area contributed by atoms with Crippen LogP contribution in [-0.2, 0) is 0 Å². The van der Waals surface area contributed by atoms with E-state index in [2.05, 4.69) is 27.0 Å². The molecule has 0 spiro atoms. The highest BCUT2D eigenvalue weighted by Gasteiger charge is 2.23. The van der Waals surface area contributed by atoms with Crippen molar-refractivity contribution >= 4 is 16.9 Å². The lowest BCUT2D eigenvalue weighted by Crippen LogP contribution is -2.29. The third kappa shape index (κ3) is 1.76. The molecule has 1 atom stereocenters. The van der Waals surface area contributed by atoms with Crippen LogP contribution in [-0.4, -0.2) is 21.0 Å². The molecule has 4 nitrogen and oxygen atoms in total. The molecule has 15 heavy (non-hydrogen) atoms. The summed E-state index contributed by atoms with van der Waals surface area (Å²) in [6.07, 6.45) is 6.22. The molecule has 0 saturated carbocycles. The van der Waals surface area contributed by atoms with Crippen LogP contribution in [0.15, 0.2) is 11.3 Å². The predicted molar refractivity (Wildman–Crippen MR) is 64.1 cm³/mol. The van der Waals surface area contributed by atoms with Crippen LogP contribution in [0.2, 0.25) is 0 Å². The molecule has 1 aliphatic heterocycles. The average Bonchev–Trinajstić information content (AvgIpc) is 2.63. The second kappa shape index (κ2) is 4.26. The first-order valence-electron chi connectivity index (χ1n) is 5.19. The number of thioether (sulfide) groups is 1. The number of aromatic nitrogens is 2. The second-order valence-corrected chi connectivity index (χ2v) is 4.41. The summed E-state index contributed by atoms with van der Waals surface area (Å²) < 4.78 is 2.14. The van der Waals surface area contributed by atoms with Crippen LogP contribution in [0.5, 0.6) is 0 Å². The number of hydrogen-bond donors (Lipinski definition) is 1. The van der Waals surface area contributed by atoms with Crippen LogP contribution in [0.3, 0.4) is 0 Å². The van der Waals surface area contributed by atoms with Crippen molar-refractivity contribution in [2.75, 3.05) is 6.26 Å². The minimum atomic E-state index is 0.312. The Bertz CT molecular complexity index is 383. The quantitative estimate of drug-likeness (QED) is 0.836. The number of imidazole rings is 1. The number of nitrogens with one attached hydrogen (secondary N) is 1. The lowest BCUT2D eigenvalue weighted by atomic mass is 10.1. The monoisotopic (exact) mass is 224 g/mol. The molecule has 1 unspecified atom stereocenters. The van der Waals surface area contributed by atoms with Crippen LogP contribution in [0.25, 0.3) is 0 Å². The van der Waals surface area contributed by atoms with Crippen molar-refractivity contribution in [1.82, 2.24) is 15.0 Å². The molecule has 2 heterocycles. The van der Waals surface area contributed by atoms with Gasteiger partial charge in [0.1, 0.15) is 5.82 Å². The van der Waals surface area contributed by atoms with Gasteiger partial charge in [-0.15, -0.1) is 0 Å². The molecular weight excluding hydrogens is 208 g/mol. The molecule has 5 heteroatoms. The fraction of sp³-hybridized carbons (Fsp3) is 0.600.